The van der Waals surface area contributed by atoms with Crippen LogP contribution in [0.25, 0.3) is 11.4 Å². The van der Waals surface area contributed by atoms with E-state index in [-0.39, 0.29) is 47.6 Å². The van der Waals surface area contributed by atoms with Gasteiger partial charge in [0.05, 0.1) is 11.7 Å². The van der Waals surface area contributed by atoms with Gasteiger partial charge in [-0.25, -0.2) is 0 Å². The van der Waals surface area contributed by atoms with Crippen LogP contribution in [-0.2, 0) is 25.4 Å². The van der Waals surface area contributed by atoms with Crippen LogP contribution in [0, 0.1) is 5.41 Å². The number of aliphatic hydroxyl groups excluding tert-OH is 1. The Hall–Kier alpha value is -3.11. The lowest BCUT2D eigenvalue weighted by atomic mass is 9.96. The molecular formula is C25H29ClF3N5O2. The molecule has 0 spiro atoms. The van der Waals surface area contributed by atoms with Gasteiger partial charge in [0.15, 0.2) is 5.96 Å². The van der Waals surface area contributed by atoms with Crippen molar-refractivity contribution >= 4 is 18.4 Å². The minimum absolute atomic E-state index is 0. The smallest absolute Gasteiger partial charge is 0.390 e. The first-order valence-electron chi connectivity index (χ1n) is 11.6. The highest BCUT2D eigenvalue weighted by Gasteiger charge is 2.39. The second-order valence-electron chi connectivity index (χ2n) is 8.77. The summed E-state index contributed by atoms with van der Waals surface area (Å²) in [5, 5.41) is 21.7. The summed E-state index contributed by atoms with van der Waals surface area (Å²) >= 11 is 0. The Morgan fingerprint density at radius 3 is 2.42 bits per heavy atom. The average molecular weight is 524 g/mol. The Labute approximate surface area is 213 Å². The number of hydrogen-bond donors (Lipinski definition) is 3. The van der Waals surface area contributed by atoms with Crippen LogP contribution in [0.15, 0.2) is 47.0 Å². The summed E-state index contributed by atoms with van der Waals surface area (Å²) in [5.74, 6) is -0.273. The number of guanidine groups is 1. The van der Waals surface area contributed by atoms with Crippen molar-refractivity contribution in [1.82, 2.24) is 15.0 Å². The number of nitrogens with one attached hydrogen (secondary N) is 1. The van der Waals surface area contributed by atoms with Gasteiger partial charge in [-0.05, 0) is 48.4 Å². The molecule has 36 heavy (non-hydrogen) atoms. The van der Waals surface area contributed by atoms with Gasteiger partial charge in [0, 0.05) is 12.1 Å². The first kappa shape index (κ1) is 27.5. The first-order valence-corrected chi connectivity index (χ1v) is 11.6. The van der Waals surface area contributed by atoms with E-state index in [4.69, 9.17) is 15.7 Å². The van der Waals surface area contributed by atoms with Gasteiger partial charge in [-0.15, -0.1) is 12.4 Å². The van der Waals surface area contributed by atoms with Crippen LogP contribution in [0.1, 0.15) is 54.0 Å². The van der Waals surface area contributed by atoms with Gasteiger partial charge in [-0.2, -0.15) is 18.2 Å². The molecule has 0 aliphatic carbocycles. The highest BCUT2D eigenvalue weighted by Crippen LogP contribution is 2.36. The SMILES string of the molecule is CCCc1ccc(CCc2ccc(-c3noc([C@@H]4[C@@H](O)CCN4C(=N)N)n3)cc2C(F)(F)F)cc1.Cl. The third-order valence-corrected chi connectivity index (χ3v) is 6.29. The average Bonchev–Trinajstić information content (AvgIpc) is 3.45. The fourth-order valence-electron chi connectivity index (χ4n) is 4.45. The minimum Gasteiger partial charge on any atom is -0.390 e. The van der Waals surface area contributed by atoms with Crippen molar-refractivity contribution < 1.29 is 22.8 Å². The number of aliphatic hydroxyl groups is 1. The molecule has 2 aromatic carbocycles. The van der Waals surface area contributed by atoms with Crippen molar-refractivity contribution in [3.63, 3.8) is 0 Å². The van der Waals surface area contributed by atoms with E-state index in [1.54, 1.807) is 0 Å². The molecule has 4 N–H and O–H groups in total. The lowest BCUT2D eigenvalue weighted by Gasteiger charge is -2.22. The lowest BCUT2D eigenvalue weighted by Crippen LogP contribution is -2.37. The molecular weight excluding hydrogens is 495 g/mol. The number of halogens is 4. The van der Waals surface area contributed by atoms with E-state index < -0.39 is 23.9 Å². The number of aryl methyl sites for hydroxylation is 3. The highest BCUT2D eigenvalue weighted by atomic mass is 35.5. The second kappa shape index (κ2) is 11.3. The van der Waals surface area contributed by atoms with E-state index in [2.05, 4.69) is 17.1 Å². The molecule has 0 unspecified atom stereocenters. The summed E-state index contributed by atoms with van der Waals surface area (Å²) in [6, 6.07) is 11.2. The summed E-state index contributed by atoms with van der Waals surface area (Å²) in [7, 11) is 0. The largest absolute Gasteiger partial charge is 0.416 e. The zero-order chi connectivity index (χ0) is 25.2. The van der Waals surface area contributed by atoms with Gasteiger partial charge in [-0.3, -0.25) is 5.41 Å². The summed E-state index contributed by atoms with van der Waals surface area (Å²) in [6.45, 7) is 2.44. The van der Waals surface area contributed by atoms with E-state index in [0.29, 0.717) is 19.4 Å². The van der Waals surface area contributed by atoms with Crippen molar-refractivity contribution in [3.05, 3.63) is 70.6 Å². The zero-order valence-corrected chi connectivity index (χ0v) is 20.6. The van der Waals surface area contributed by atoms with Crippen molar-refractivity contribution in [3.8, 4) is 11.4 Å². The molecule has 1 aliphatic rings. The minimum atomic E-state index is -4.55. The molecule has 1 saturated heterocycles. The fraction of sp³-hybridized carbons (Fsp3) is 0.400. The molecule has 4 rings (SSSR count). The molecule has 1 aliphatic heterocycles. The fourth-order valence-corrected chi connectivity index (χ4v) is 4.45. The molecule has 0 radical (unpaired) electrons. The Morgan fingerprint density at radius 1 is 1.14 bits per heavy atom. The lowest BCUT2D eigenvalue weighted by molar-refractivity contribution is -0.138. The monoisotopic (exact) mass is 523 g/mol. The van der Waals surface area contributed by atoms with Crippen LogP contribution in [0.2, 0.25) is 0 Å². The van der Waals surface area contributed by atoms with Crippen LogP contribution in [-0.4, -0.2) is 38.8 Å². The van der Waals surface area contributed by atoms with Crippen LogP contribution in [0.3, 0.4) is 0 Å². The number of alkyl halides is 3. The molecule has 0 bridgehead atoms. The second-order valence-corrected chi connectivity index (χ2v) is 8.77. The van der Waals surface area contributed by atoms with Crippen LogP contribution in [0.5, 0.6) is 0 Å². The number of likely N-dealkylation sites (tertiary alicyclic amines) is 1. The van der Waals surface area contributed by atoms with E-state index >= 15 is 0 Å². The molecule has 2 atom stereocenters. The predicted octanol–water partition coefficient (Wildman–Crippen LogP) is 4.92. The summed E-state index contributed by atoms with van der Waals surface area (Å²) < 4.78 is 47.0. The van der Waals surface area contributed by atoms with E-state index in [9.17, 15) is 18.3 Å². The molecule has 2 heterocycles. The van der Waals surface area contributed by atoms with E-state index in [1.165, 1.54) is 22.6 Å². The molecule has 0 saturated carbocycles. The molecule has 1 aromatic heterocycles. The molecule has 0 amide bonds. The maximum atomic E-state index is 13.9. The van der Waals surface area contributed by atoms with Crippen LogP contribution < -0.4 is 5.73 Å². The molecule has 194 valence electrons. The number of nitrogens with zero attached hydrogens (tertiary/aromatic N) is 3. The number of benzene rings is 2. The Kier molecular flexibility index (Phi) is 8.63. The van der Waals surface area contributed by atoms with Gasteiger partial charge in [0.1, 0.15) is 6.04 Å². The Morgan fingerprint density at radius 2 is 1.81 bits per heavy atom. The van der Waals surface area contributed by atoms with Crippen LogP contribution >= 0.6 is 12.4 Å². The number of rotatable bonds is 7. The highest BCUT2D eigenvalue weighted by molar-refractivity contribution is 5.85. The summed E-state index contributed by atoms with van der Waals surface area (Å²) in [5.41, 5.74) is 7.37. The van der Waals surface area contributed by atoms with Gasteiger partial charge in [-0.1, -0.05) is 54.9 Å². The van der Waals surface area contributed by atoms with Crippen molar-refractivity contribution in [2.24, 2.45) is 5.73 Å². The van der Waals surface area contributed by atoms with Gasteiger partial charge in [0.25, 0.3) is 5.89 Å². The van der Waals surface area contributed by atoms with E-state index in [1.807, 2.05) is 24.3 Å². The summed E-state index contributed by atoms with van der Waals surface area (Å²) in [4.78, 5) is 5.63. The molecule has 7 nitrogen and oxygen atoms in total. The van der Waals surface area contributed by atoms with Crippen molar-refractivity contribution in [2.45, 2.75) is 57.3 Å². The Balaban J connectivity index is 0.00000361. The standard InChI is InChI=1S/C25H28F3N5O2.ClH/c1-2-3-15-4-6-16(7-5-15)8-9-17-10-11-18(14-19(17)25(26,27)28)22-31-23(35-32-22)21-20(34)12-13-33(21)24(29)30;/h4-7,10-11,14,20-21,34H,2-3,8-9,12-13H2,1H3,(H3,29,30);1H/t20-,21-;/m0./s1. The van der Waals surface area contributed by atoms with Crippen molar-refractivity contribution in [2.75, 3.05) is 6.54 Å². The van der Waals surface area contributed by atoms with E-state index in [0.717, 1.165) is 24.5 Å². The maximum Gasteiger partial charge on any atom is 0.416 e. The summed E-state index contributed by atoms with van der Waals surface area (Å²) in [6.07, 6.45) is -2.32. The quantitative estimate of drug-likeness (QED) is 0.299. The van der Waals surface area contributed by atoms with Gasteiger partial charge >= 0.3 is 6.18 Å². The predicted molar refractivity (Wildman–Crippen MR) is 132 cm³/mol. The topological polar surface area (TPSA) is 112 Å². The van der Waals surface area contributed by atoms with Crippen LogP contribution in [0.4, 0.5) is 13.2 Å². The maximum absolute atomic E-state index is 13.9. The third-order valence-electron chi connectivity index (χ3n) is 6.29. The third kappa shape index (κ3) is 5.99. The number of hydrogen-bond acceptors (Lipinski definition) is 5. The van der Waals surface area contributed by atoms with Crippen molar-refractivity contribution in [1.29, 1.82) is 5.41 Å². The zero-order valence-electron chi connectivity index (χ0n) is 19.8. The molecule has 1 fully saturated rings. The Bertz CT molecular complexity index is 1180. The molecule has 3 aromatic rings. The van der Waals surface area contributed by atoms with Gasteiger partial charge < -0.3 is 20.3 Å². The molecule has 11 heteroatoms. The normalized spacial score (nSPS) is 17.8. The number of nitrogens with two attached hydrogens (primary N) is 1. The first-order chi connectivity index (χ1) is 16.7. The number of aromatic nitrogens is 2. The van der Waals surface area contributed by atoms with Gasteiger partial charge in [0.2, 0.25) is 5.82 Å².